The third-order valence-electron chi connectivity index (χ3n) is 6.02. The summed E-state index contributed by atoms with van der Waals surface area (Å²) >= 11 is 6.69. The highest BCUT2D eigenvalue weighted by Gasteiger charge is 2.48. The molecule has 0 fully saturated rings. The van der Waals surface area contributed by atoms with Crippen molar-refractivity contribution in [3.05, 3.63) is 131 Å². The van der Waals surface area contributed by atoms with Crippen LogP contribution in [0.2, 0.25) is 5.02 Å². The second-order valence-electron chi connectivity index (χ2n) is 7.52. The standard InChI is InChI=1S/C30H29ClO.C2H6/c1-7-16-24-26(12-6)30(32,25(11-5)21(8-2)20-17-14-13-15-18-20)27-19-28(31)22(9-3)23(10-4)29(24)27;1-2/h7-19,32H,1,3-4H2,2,5-6H3;1-2H3/b21-8-,24-16+,25-11+,26-12+;. The van der Waals surface area contributed by atoms with Gasteiger partial charge in [0.1, 0.15) is 5.60 Å². The van der Waals surface area contributed by atoms with Crippen molar-refractivity contribution in [2.24, 2.45) is 0 Å². The Hall–Kier alpha value is -3.13. The summed E-state index contributed by atoms with van der Waals surface area (Å²) < 4.78 is 0. The Labute approximate surface area is 210 Å². The van der Waals surface area contributed by atoms with Gasteiger partial charge in [-0.2, -0.15) is 0 Å². The van der Waals surface area contributed by atoms with Crippen LogP contribution < -0.4 is 0 Å². The fourth-order valence-corrected chi connectivity index (χ4v) is 5.04. The molecule has 2 heteroatoms. The van der Waals surface area contributed by atoms with Crippen LogP contribution >= 0.6 is 11.6 Å². The summed E-state index contributed by atoms with van der Waals surface area (Å²) in [5.74, 6) is 0. The van der Waals surface area contributed by atoms with Crippen molar-refractivity contribution in [1.29, 1.82) is 0 Å². The summed E-state index contributed by atoms with van der Waals surface area (Å²) in [6, 6.07) is 12.0. The minimum absolute atomic E-state index is 0.527. The number of benzene rings is 2. The van der Waals surface area contributed by atoms with Crippen LogP contribution in [0.3, 0.4) is 0 Å². The van der Waals surface area contributed by atoms with Gasteiger partial charge >= 0.3 is 0 Å². The van der Waals surface area contributed by atoms with Gasteiger partial charge in [-0.1, -0.05) is 118 Å². The molecule has 3 rings (SSSR count). The third kappa shape index (κ3) is 4.34. The molecule has 0 radical (unpaired) electrons. The van der Waals surface area contributed by atoms with Crippen molar-refractivity contribution < 1.29 is 5.11 Å². The molecule has 0 aromatic heterocycles. The van der Waals surface area contributed by atoms with E-state index in [1.807, 2.05) is 83.2 Å². The number of hydrogen-bond donors (Lipinski definition) is 1. The molecule has 1 N–H and O–H groups in total. The number of fused-ring (bicyclic) bond motifs is 1. The maximum absolute atomic E-state index is 12.6. The van der Waals surface area contributed by atoms with Gasteiger partial charge in [0, 0.05) is 16.1 Å². The summed E-state index contributed by atoms with van der Waals surface area (Å²) in [5, 5.41) is 13.1. The van der Waals surface area contributed by atoms with E-state index in [0.29, 0.717) is 5.02 Å². The lowest BCUT2D eigenvalue weighted by molar-refractivity contribution is 0.131. The summed E-state index contributed by atoms with van der Waals surface area (Å²) in [5.41, 5.74) is 6.36. The van der Waals surface area contributed by atoms with Gasteiger partial charge in [-0.25, -0.2) is 0 Å². The fraction of sp³-hybridized carbons (Fsp3) is 0.188. The van der Waals surface area contributed by atoms with Crippen LogP contribution in [0.15, 0.2) is 97.7 Å². The van der Waals surface area contributed by atoms with E-state index in [-0.39, 0.29) is 0 Å². The van der Waals surface area contributed by atoms with E-state index in [2.05, 4.69) is 31.9 Å². The van der Waals surface area contributed by atoms with E-state index in [4.69, 9.17) is 11.6 Å². The number of aliphatic hydroxyl groups is 1. The number of allylic oxidation sites excluding steroid dienone is 5. The van der Waals surface area contributed by atoms with E-state index in [1.54, 1.807) is 18.2 Å². The zero-order valence-electron chi connectivity index (χ0n) is 21.0. The highest BCUT2D eigenvalue weighted by molar-refractivity contribution is 6.32. The van der Waals surface area contributed by atoms with E-state index < -0.39 is 5.60 Å². The molecule has 0 amide bonds. The average Bonchev–Trinajstić information content (AvgIpc) is 3.10. The smallest absolute Gasteiger partial charge is 0.141 e. The number of hydrogen-bond acceptors (Lipinski definition) is 1. The molecule has 1 atom stereocenters. The molecule has 34 heavy (non-hydrogen) atoms. The molecule has 1 nitrogen and oxygen atoms in total. The van der Waals surface area contributed by atoms with E-state index >= 15 is 0 Å². The van der Waals surface area contributed by atoms with Crippen molar-refractivity contribution in [1.82, 2.24) is 0 Å². The molecule has 2 aromatic carbocycles. The summed E-state index contributed by atoms with van der Waals surface area (Å²) in [6.07, 6.45) is 13.2. The minimum Gasteiger partial charge on any atom is -0.376 e. The molecule has 1 aliphatic carbocycles. The van der Waals surface area contributed by atoms with Crippen molar-refractivity contribution in [2.75, 3.05) is 0 Å². The number of halogens is 1. The molecule has 0 heterocycles. The van der Waals surface area contributed by atoms with Crippen LogP contribution in [-0.2, 0) is 5.60 Å². The summed E-state index contributed by atoms with van der Waals surface area (Å²) in [7, 11) is 0. The monoisotopic (exact) mass is 470 g/mol. The maximum atomic E-state index is 12.6. The lowest BCUT2D eigenvalue weighted by atomic mass is 9.77. The molecular formula is C32H35ClO. The molecule has 1 unspecified atom stereocenters. The average molecular weight is 471 g/mol. The quantitative estimate of drug-likeness (QED) is 0.416. The van der Waals surface area contributed by atoms with Crippen LogP contribution in [0, 0.1) is 0 Å². The molecule has 2 aromatic rings. The highest BCUT2D eigenvalue weighted by atomic mass is 35.5. The van der Waals surface area contributed by atoms with Crippen LogP contribution in [0.25, 0.3) is 23.3 Å². The molecule has 176 valence electrons. The second kappa shape index (κ2) is 11.8. The Morgan fingerprint density at radius 2 is 1.56 bits per heavy atom. The van der Waals surface area contributed by atoms with Gasteiger partial charge in [0.25, 0.3) is 0 Å². The molecule has 0 bridgehead atoms. The van der Waals surface area contributed by atoms with Gasteiger partial charge in [0.15, 0.2) is 0 Å². The van der Waals surface area contributed by atoms with Crippen LogP contribution in [0.1, 0.15) is 62.4 Å². The summed E-state index contributed by atoms with van der Waals surface area (Å²) in [6.45, 7) is 21.8. The molecule has 0 aliphatic heterocycles. The Balaban J connectivity index is 0.00000199. The van der Waals surface area contributed by atoms with E-state index in [0.717, 1.165) is 50.1 Å². The SMILES string of the molecule is C=C/C=C1\C(=C/C)C(O)(C(=C/C)/C(=C\C)c2ccccc2)c2cc(Cl)c(C=C)c(C=C)c21.CC. The predicted molar refractivity (Wildman–Crippen MR) is 153 cm³/mol. The van der Waals surface area contributed by atoms with Crippen LogP contribution in [0.4, 0.5) is 0 Å². The van der Waals surface area contributed by atoms with Gasteiger partial charge < -0.3 is 5.11 Å². The summed E-state index contributed by atoms with van der Waals surface area (Å²) in [4.78, 5) is 0. The normalized spacial score (nSPS) is 20.0. The topological polar surface area (TPSA) is 20.2 Å². The van der Waals surface area contributed by atoms with Gasteiger partial charge in [0.2, 0.25) is 0 Å². The van der Waals surface area contributed by atoms with Gasteiger partial charge in [-0.15, -0.1) is 0 Å². The van der Waals surface area contributed by atoms with E-state index in [1.165, 1.54) is 0 Å². The Bertz CT molecular complexity index is 1210. The first kappa shape index (κ1) is 27.1. The van der Waals surface area contributed by atoms with Crippen molar-refractivity contribution >= 4 is 34.9 Å². The minimum atomic E-state index is -1.40. The van der Waals surface area contributed by atoms with Gasteiger partial charge in [0.05, 0.1) is 0 Å². The third-order valence-corrected chi connectivity index (χ3v) is 6.33. The Kier molecular flexibility index (Phi) is 9.44. The molecule has 0 saturated carbocycles. The lowest BCUT2D eigenvalue weighted by Crippen LogP contribution is -2.28. The Morgan fingerprint density at radius 1 is 0.941 bits per heavy atom. The van der Waals surface area contributed by atoms with Gasteiger partial charge in [-0.3, -0.25) is 0 Å². The maximum Gasteiger partial charge on any atom is 0.141 e. The Morgan fingerprint density at radius 3 is 2.03 bits per heavy atom. The highest BCUT2D eigenvalue weighted by Crippen LogP contribution is 2.57. The molecule has 0 saturated heterocycles. The molecule has 1 aliphatic rings. The fourth-order valence-electron chi connectivity index (χ4n) is 4.75. The first-order valence-corrected chi connectivity index (χ1v) is 12.1. The first-order chi connectivity index (χ1) is 16.4. The zero-order valence-corrected chi connectivity index (χ0v) is 21.7. The van der Waals surface area contributed by atoms with Crippen molar-refractivity contribution in [3.63, 3.8) is 0 Å². The van der Waals surface area contributed by atoms with Crippen molar-refractivity contribution in [2.45, 2.75) is 40.2 Å². The largest absolute Gasteiger partial charge is 0.376 e. The molecule has 0 spiro atoms. The van der Waals surface area contributed by atoms with Gasteiger partial charge in [-0.05, 0) is 65.8 Å². The lowest BCUT2D eigenvalue weighted by Gasteiger charge is -2.31. The van der Waals surface area contributed by atoms with Crippen LogP contribution in [0.5, 0.6) is 0 Å². The first-order valence-electron chi connectivity index (χ1n) is 11.7. The van der Waals surface area contributed by atoms with Crippen molar-refractivity contribution in [3.8, 4) is 0 Å². The predicted octanol–water partition coefficient (Wildman–Crippen LogP) is 9.42. The number of rotatable bonds is 6. The zero-order chi connectivity index (χ0) is 25.5. The van der Waals surface area contributed by atoms with Crippen LogP contribution in [-0.4, -0.2) is 5.11 Å². The second-order valence-corrected chi connectivity index (χ2v) is 7.92. The molecular weight excluding hydrogens is 436 g/mol. The van der Waals surface area contributed by atoms with E-state index in [9.17, 15) is 5.11 Å².